The Kier molecular flexibility index (Phi) is 5.02. The molecule has 1 N–H and O–H groups in total. The van der Waals surface area contributed by atoms with Gasteiger partial charge in [0.05, 0.1) is 16.4 Å². The van der Waals surface area contributed by atoms with Crippen LogP contribution in [0.4, 0.5) is 11.5 Å². The Bertz CT molecular complexity index is 978. The molecule has 4 rings (SSSR count). The molecule has 0 spiro atoms. The summed E-state index contributed by atoms with van der Waals surface area (Å²) >= 11 is 12.6. The van der Waals surface area contributed by atoms with Gasteiger partial charge in [0.1, 0.15) is 5.82 Å². The Morgan fingerprint density at radius 1 is 1.07 bits per heavy atom. The van der Waals surface area contributed by atoms with Crippen LogP contribution in [0.25, 0.3) is 16.9 Å². The SMILES string of the molecule is CN(C)c1cccc(-c2nn(-c3ccc(Cl)cc3Cl)c3c2CCCCN3)c1. The second-order valence-corrected chi connectivity index (χ2v) is 7.86. The topological polar surface area (TPSA) is 33.1 Å². The van der Waals surface area contributed by atoms with Gasteiger partial charge in [0, 0.05) is 42.5 Å². The maximum absolute atomic E-state index is 6.49. The number of hydrogen-bond acceptors (Lipinski definition) is 3. The number of aromatic nitrogens is 2. The molecule has 2 heterocycles. The molecule has 140 valence electrons. The quantitative estimate of drug-likeness (QED) is 0.615. The summed E-state index contributed by atoms with van der Waals surface area (Å²) < 4.78 is 1.93. The molecule has 0 atom stereocenters. The predicted octanol–water partition coefficient (Wildman–Crippen LogP) is 5.66. The minimum absolute atomic E-state index is 0.590. The molecule has 0 aliphatic carbocycles. The molecule has 1 aromatic heterocycles. The molecule has 0 saturated carbocycles. The molecule has 0 fully saturated rings. The highest BCUT2D eigenvalue weighted by atomic mass is 35.5. The highest BCUT2D eigenvalue weighted by Crippen LogP contribution is 2.36. The molecule has 6 heteroatoms. The number of rotatable bonds is 3. The van der Waals surface area contributed by atoms with E-state index >= 15 is 0 Å². The van der Waals surface area contributed by atoms with Crippen molar-refractivity contribution >= 4 is 34.7 Å². The fourth-order valence-corrected chi connectivity index (χ4v) is 3.98. The highest BCUT2D eigenvalue weighted by Gasteiger charge is 2.23. The maximum Gasteiger partial charge on any atom is 0.133 e. The Morgan fingerprint density at radius 3 is 2.70 bits per heavy atom. The average molecular weight is 401 g/mol. The van der Waals surface area contributed by atoms with E-state index in [0.717, 1.165) is 54.3 Å². The summed E-state index contributed by atoms with van der Waals surface area (Å²) in [5, 5.41) is 9.74. The van der Waals surface area contributed by atoms with Gasteiger partial charge in [-0.15, -0.1) is 0 Å². The number of nitrogens with zero attached hydrogens (tertiary/aromatic N) is 3. The molecule has 3 aromatic rings. The minimum atomic E-state index is 0.590. The van der Waals surface area contributed by atoms with Crippen molar-refractivity contribution < 1.29 is 0 Å². The predicted molar refractivity (Wildman–Crippen MR) is 115 cm³/mol. The van der Waals surface area contributed by atoms with Crippen molar-refractivity contribution in [3.05, 3.63) is 58.1 Å². The normalized spacial score (nSPS) is 13.6. The molecule has 0 unspecified atom stereocenters. The second kappa shape index (κ2) is 7.45. The van der Waals surface area contributed by atoms with E-state index in [4.69, 9.17) is 28.3 Å². The summed E-state index contributed by atoms with van der Waals surface area (Å²) in [5.74, 6) is 1.03. The third-order valence-corrected chi connectivity index (χ3v) is 5.44. The summed E-state index contributed by atoms with van der Waals surface area (Å²) in [6.45, 7) is 0.932. The molecule has 0 radical (unpaired) electrons. The van der Waals surface area contributed by atoms with Gasteiger partial charge in [-0.2, -0.15) is 5.10 Å². The maximum atomic E-state index is 6.49. The van der Waals surface area contributed by atoms with Crippen LogP contribution in [0.15, 0.2) is 42.5 Å². The minimum Gasteiger partial charge on any atom is -0.378 e. The van der Waals surface area contributed by atoms with Crippen molar-refractivity contribution in [1.82, 2.24) is 9.78 Å². The fourth-order valence-electron chi connectivity index (χ4n) is 3.49. The van der Waals surface area contributed by atoms with Crippen molar-refractivity contribution in [2.45, 2.75) is 19.3 Å². The van der Waals surface area contributed by atoms with Gasteiger partial charge < -0.3 is 10.2 Å². The van der Waals surface area contributed by atoms with Gasteiger partial charge in [0.15, 0.2) is 0 Å². The summed E-state index contributed by atoms with van der Waals surface area (Å²) in [5.41, 5.74) is 5.36. The van der Waals surface area contributed by atoms with E-state index in [1.807, 2.05) is 30.9 Å². The van der Waals surface area contributed by atoms with E-state index in [2.05, 4.69) is 34.5 Å². The van der Waals surface area contributed by atoms with Crippen LogP contribution in [0.5, 0.6) is 0 Å². The van der Waals surface area contributed by atoms with Crippen LogP contribution < -0.4 is 10.2 Å². The lowest BCUT2D eigenvalue weighted by atomic mass is 10.0. The van der Waals surface area contributed by atoms with Gasteiger partial charge in [0.2, 0.25) is 0 Å². The molecule has 1 aliphatic rings. The molecule has 0 amide bonds. The van der Waals surface area contributed by atoms with E-state index < -0.39 is 0 Å². The van der Waals surface area contributed by atoms with E-state index in [1.165, 1.54) is 5.56 Å². The Morgan fingerprint density at radius 2 is 1.93 bits per heavy atom. The Labute approximate surface area is 169 Å². The van der Waals surface area contributed by atoms with Gasteiger partial charge in [-0.3, -0.25) is 0 Å². The number of fused-ring (bicyclic) bond motifs is 1. The summed E-state index contributed by atoms with van der Waals surface area (Å²) in [6.07, 6.45) is 3.27. The molecule has 2 aromatic carbocycles. The van der Waals surface area contributed by atoms with Crippen LogP contribution in [-0.2, 0) is 6.42 Å². The fraction of sp³-hybridized carbons (Fsp3) is 0.286. The van der Waals surface area contributed by atoms with Crippen LogP contribution in [0.3, 0.4) is 0 Å². The first-order chi connectivity index (χ1) is 13.0. The average Bonchev–Trinajstić information content (AvgIpc) is 2.83. The first-order valence-corrected chi connectivity index (χ1v) is 9.89. The summed E-state index contributed by atoms with van der Waals surface area (Å²) in [7, 11) is 4.10. The third-order valence-electron chi connectivity index (χ3n) is 4.90. The largest absolute Gasteiger partial charge is 0.378 e. The number of hydrogen-bond donors (Lipinski definition) is 1. The number of anilines is 2. The Hall–Kier alpha value is -2.17. The van der Waals surface area contributed by atoms with E-state index in [1.54, 1.807) is 6.07 Å². The van der Waals surface area contributed by atoms with Crippen LogP contribution in [-0.4, -0.2) is 30.4 Å². The van der Waals surface area contributed by atoms with Crippen molar-refractivity contribution in [3.8, 4) is 16.9 Å². The zero-order valence-corrected chi connectivity index (χ0v) is 17.0. The summed E-state index contributed by atoms with van der Waals surface area (Å²) in [6, 6.07) is 14.0. The lowest BCUT2D eigenvalue weighted by molar-refractivity contribution is 0.780. The van der Waals surface area contributed by atoms with Gasteiger partial charge in [0.25, 0.3) is 0 Å². The lowest BCUT2D eigenvalue weighted by Crippen LogP contribution is -2.08. The monoisotopic (exact) mass is 400 g/mol. The molecule has 4 nitrogen and oxygen atoms in total. The van der Waals surface area contributed by atoms with Crippen molar-refractivity contribution in [2.75, 3.05) is 30.9 Å². The molecule has 27 heavy (non-hydrogen) atoms. The van der Waals surface area contributed by atoms with Gasteiger partial charge in [-0.05, 0) is 49.6 Å². The van der Waals surface area contributed by atoms with Crippen molar-refractivity contribution in [3.63, 3.8) is 0 Å². The molecule has 1 aliphatic heterocycles. The lowest BCUT2D eigenvalue weighted by Gasteiger charge is -2.13. The van der Waals surface area contributed by atoms with E-state index in [9.17, 15) is 0 Å². The zero-order chi connectivity index (χ0) is 19.0. The number of benzene rings is 2. The van der Waals surface area contributed by atoms with E-state index in [0.29, 0.717) is 10.0 Å². The molecular weight excluding hydrogens is 379 g/mol. The van der Waals surface area contributed by atoms with Crippen LogP contribution >= 0.6 is 23.2 Å². The van der Waals surface area contributed by atoms with Gasteiger partial charge >= 0.3 is 0 Å². The Balaban J connectivity index is 1.91. The van der Waals surface area contributed by atoms with Crippen LogP contribution in [0.1, 0.15) is 18.4 Å². The molecule has 0 saturated heterocycles. The van der Waals surface area contributed by atoms with Crippen LogP contribution in [0.2, 0.25) is 10.0 Å². The van der Waals surface area contributed by atoms with Crippen LogP contribution in [0, 0.1) is 0 Å². The molecule has 0 bridgehead atoms. The van der Waals surface area contributed by atoms with Crippen molar-refractivity contribution in [1.29, 1.82) is 0 Å². The molecular formula is C21H22Cl2N4. The van der Waals surface area contributed by atoms with Crippen molar-refractivity contribution in [2.24, 2.45) is 0 Å². The first-order valence-electron chi connectivity index (χ1n) is 9.13. The standard InChI is InChI=1S/C21H22Cl2N4/c1-26(2)16-7-5-6-14(12-16)20-17-8-3-4-11-24-21(17)27(25-20)19-10-9-15(22)13-18(19)23/h5-7,9-10,12-13,24H,3-4,8,11H2,1-2H3. The summed E-state index contributed by atoms with van der Waals surface area (Å²) in [4.78, 5) is 2.10. The zero-order valence-electron chi connectivity index (χ0n) is 15.5. The van der Waals surface area contributed by atoms with Gasteiger partial charge in [-0.25, -0.2) is 4.68 Å². The second-order valence-electron chi connectivity index (χ2n) is 7.01. The smallest absolute Gasteiger partial charge is 0.133 e. The first kappa shape index (κ1) is 18.2. The third kappa shape index (κ3) is 3.52. The van der Waals surface area contributed by atoms with E-state index in [-0.39, 0.29) is 0 Å². The number of nitrogens with one attached hydrogen (secondary N) is 1. The van der Waals surface area contributed by atoms with Gasteiger partial charge in [-0.1, -0.05) is 35.3 Å². The number of halogens is 2. The highest BCUT2D eigenvalue weighted by molar-refractivity contribution is 6.35.